The molecule has 0 amide bonds. The van der Waals surface area contributed by atoms with Crippen molar-refractivity contribution in [3.05, 3.63) is 95.2 Å². The van der Waals surface area contributed by atoms with Crippen LogP contribution in [0.4, 0.5) is 0 Å². The lowest BCUT2D eigenvalue weighted by molar-refractivity contribution is 0.633. The second-order valence-corrected chi connectivity index (χ2v) is 6.18. The number of benzene rings is 2. The molecular weight excluding hydrogens is 276 g/mol. The van der Waals surface area contributed by atoms with Crippen LogP contribution in [0.3, 0.4) is 0 Å². The van der Waals surface area contributed by atoms with Crippen LogP contribution in [0.15, 0.2) is 78.6 Å². The third-order valence-corrected chi connectivity index (χ3v) is 4.77. The zero-order valence-corrected chi connectivity index (χ0v) is 13.9. The summed E-state index contributed by atoms with van der Waals surface area (Å²) in [5.74, 6) is 0.574. The summed E-state index contributed by atoms with van der Waals surface area (Å²) in [6.45, 7) is 6.08. The first-order valence-electron chi connectivity index (χ1n) is 8.56. The lowest BCUT2D eigenvalue weighted by Crippen LogP contribution is -2.04. The Bertz CT molecular complexity index is 749. The maximum Gasteiger partial charge on any atom is 0.000597 e. The number of hydrogen-bond acceptors (Lipinski definition) is 0. The van der Waals surface area contributed by atoms with E-state index in [1.807, 2.05) is 0 Å². The van der Waals surface area contributed by atoms with E-state index < -0.39 is 0 Å². The molecule has 1 atom stereocenters. The molecule has 0 radical (unpaired) electrons. The van der Waals surface area contributed by atoms with Crippen molar-refractivity contribution >= 4 is 5.57 Å². The molecule has 0 spiro atoms. The van der Waals surface area contributed by atoms with Gasteiger partial charge in [-0.2, -0.15) is 0 Å². The van der Waals surface area contributed by atoms with E-state index in [2.05, 4.69) is 79.9 Å². The molecule has 0 saturated heterocycles. The first-order valence-corrected chi connectivity index (χ1v) is 8.56. The summed E-state index contributed by atoms with van der Waals surface area (Å²) in [6, 6.07) is 19.7. The molecule has 1 aliphatic carbocycles. The van der Waals surface area contributed by atoms with Crippen molar-refractivity contribution in [1.82, 2.24) is 0 Å². The van der Waals surface area contributed by atoms with E-state index in [0.717, 1.165) is 19.3 Å². The molecule has 0 aliphatic heterocycles. The van der Waals surface area contributed by atoms with E-state index in [9.17, 15) is 0 Å². The van der Waals surface area contributed by atoms with Gasteiger partial charge in [-0.3, -0.25) is 0 Å². The van der Waals surface area contributed by atoms with Crippen LogP contribution < -0.4 is 0 Å². The Kier molecular flexibility index (Phi) is 4.95. The summed E-state index contributed by atoms with van der Waals surface area (Å²) in [5.41, 5.74) is 10.00. The fourth-order valence-corrected chi connectivity index (χ4v) is 3.60. The van der Waals surface area contributed by atoms with Gasteiger partial charge in [0.05, 0.1) is 0 Å². The molecule has 0 bridgehead atoms. The van der Waals surface area contributed by atoms with Gasteiger partial charge in [-0.15, -0.1) is 5.73 Å². The Balaban J connectivity index is 0.00000208. The maximum absolute atomic E-state index is 3.89. The van der Waals surface area contributed by atoms with E-state index in [0.29, 0.717) is 5.92 Å². The van der Waals surface area contributed by atoms with Crippen LogP contribution in [-0.4, -0.2) is 0 Å². The van der Waals surface area contributed by atoms with Crippen molar-refractivity contribution in [2.75, 3.05) is 0 Å². The highest BCUT2D eigenvalue weighted by molar-refractivity contribution is 5.81. The molecule has 3 rings (SSSR count). The average molecular weight is 302 g/mol. The predicted molar refractivity (Wildman–Crippen MR) is 102 cm³/mol. The standard InChI is InChI=1S/C23H24.H2/c1-3-19(4-2)21-16-10-13-20(17-18-11-6-5-7-12-18)22-14-8-9-15-23(21)22;/h5-9,11-12,14-16,20H,1,4,10,13,17H2,2H3;1H. The summed E-state index contributed by atoms with van der Waals surface area (Å²) in [5, 5.41) is 0. The van der Waals surface area contributed by atoms with Gasteiger partial charge in [-0.05, 0) is 53.9 Å². The van der Waals surface area contributed by atoms with Gasteiger partial charge in [0.15, 0.2) is 0 Å². The highest BCUT2D eigenvalue weighted by Gasteiger charge is 2.21. The molecule has 2 aromatic carbocycles. The minimum atomic E-state index is 0. The van der Waals surface area contributed by atoms with Crippen LogP contribution in [0, 0.1) is 0 Å². The van der Waals surface area contributed by atoms with Gasteiger partial charge in [0, 0.05) is 7.00 Å². The molecular formula is C23H26. The van der Waals surface area contributed by atoms with Gasteiger partial charge < -0.3 is 0 Å². The van der Waals surface area contributed by atoms with Crippen molar-refractivity contribution in [2.45, 2.75) is 38.5 Å². The van der Waals surface area contributed by atoms with Crippen LogP contribution in [0.5, 0.6) is 0 Å². The highest BCUT2D eigenvalue weighted by Crippen LogP contribution is 2.38. The van der Waals surface area contributed by atoms with Crippen molar-refractivity contribution in [2.24, 2.45) is 0 Å². The molecule has 2 aromatic rings. The maximum atomic E-state index is 3.89. The van der Waals surface area contributed by atoms with E-state index >= 15 is 0 Å². The zero-order valence-electron chi connectivity index (χ0n) is 13.9. The molecule has 118 valence electrons. The number of allylic oxidation sites excluding steroid dienone is 3. The lowest BCUT2D eigenvalue weighted by atomic mass is 9.85. The summed E-state index contributed by atoms with van der Waals surface area (Å²) >= 11 is 0. The molecule has 23 heavy (non-hydrogen) atoms. The second-order valence-electron chi connectivity index (χ2n) is 6.18. The Morgan fingerprint density at radius 2 is 1.87 bits per heavy atom. The zero-order chi connectivity index (χ0) is 16.1. The van der Waals surface area contributed by atoms with Gasteiger partial charge in [-0.1, -0.05) is 74.2 Å². The Morgan fingerprint density at radius 1 is 1.13 bits per heavy atom. The van der Waals surface area contributed by atoms with Gasteiger partial charge in [0.1, 0.15) is 0 Å². The minimum Gasteiger partial charge on any atom is -0.125 e. The lowest BCUT2D eigenvalue weighted by Gasteiger charge is -2.19. The first kappa shape index (κ1) is 15.6. The summed E-state index contributed by atoms with van der Waals surface area (Å²) in [6.07, 6.45) is 6.79. The largest absolute Gasteiger partial charge is 0.125 e. The quantitative estimate of drug-likeness (QED) is 0.561. The fraction of sp³-hybridized carbons (Fsp3) is 0.261. The smallest absolute Gasteiger partial charge is 0.000597 e. The topological polar surface area (TPSA) is 0 Å². The third-order valence-electron chi connectivity index (χ3n) is 4.77. The SMILES string of the molecule is C=C=C(CC)C1=CCCC(Cc2ccccc2)c2ccccc21.[HH]. The summed E-state index contributed by atoms with van der Waals surface area (Å²) < 4.78 is 0. The third kappa shape index (κ3) is 3.38. The molecule has 0 fully saturated rings. The number of fused-ring (bicyclic) bond motifs is 1. The van der Waals surface area contributed by atoms with E-state index in [1.54, 1.807) is 0 Å². The Morgan fingerprint density at radius 3 is 2.61 bits per heavy atom. The van der Waals surface area contributed by atoms with Crippen LogP contribution >= 0.6 is 0 Å². The highest BCUT2D eigenvalue weighted by atomic mass is 14.2. The number of rotatable bonds is 4. The van der Waals surface area contributed by atoms with E-state index in [-0.39, 0.29) is 1.43 Å². The molecule has 0 heteroatoms. The van der Waals surface area contributed by atoms with E-state index in [1.165, 1.54) is 34.3 Å². The predicted octanol–water partition coefficient (Wildman–Crippen LogP) is 6.56. The first-order chi connectivity index (χ1) is 11.3. The van der Waals surface area contributed by atoms with E-state index in [4.69, 9.17) is 0 Å². The minimum absolute atomic E-state index is 0. The average Bonchev–Trinajstić information content (AvgIpc) is 2.78. The monoisotopic (exact) mass is 302 g/mol. The summed E-state index contributed by atoms with van der Waals surface area (Å²) in [7, 11) is 0. The van der Waals surface area contributed by atoms with Crippen molar-refractivity contribution in [3.8, 4) is 0 Å². The molecule has 0 nitrogen and oxygen atoms in total. The molecule has 1 unspecified atom stereocenters. The molecule has 1 aliphatic rings. The van der Waals surface area contributed by atoms with Gasteiger partial charge in [0.2, 0.25) is 0 Å². The molecule has 0 aromatic heterocycles. The van der Waals surface area contributed by atoms with Crippen molar-refractivity contribution in [1.29, 1.82) is 0 Å². The van der Waals surface area contributed by atoms with Crippen LogP contribution in [0.1, 0.15) is 50.2 Å². The van der Waals surface area contributed by atoms with Crippen LogP contribution in [0.2, 0.25) is 0 Å². The molecule has 0 heterocycles. The van der Waals surface area contributed by atoms with Crippen LogP contribution in [0.25, 0.3) is 5.57 Å². The second kappa shape index (κ2) is 7.31. The van der Waals surface area contributed by atoms with Gasteiger partial charge in [-0.25, -0.2) is 0 Å². The van der Waals surface area contributed by atoms with Crippen molar-refractivity contribution < 1.29 is 1.43 Å². The number of hydrogen-bond donors (Lipinski definition) is 0. The van der Waals surface area contributed by atoms with Crippen LogP contribution in [-0.2, 0) is 6.42 Å². The Hall–Kier alpha value is -2.30. The van der Waals surface area contributed by atoms with Gasteiger partial charge in [0.25, 0.3) is 0 Å². The fourth-order valence-electron chi connectivity index (χ4n) is 3.60. The Labute approximate surface area is 141 Å². The van der Waals surface area contributed by atoms with Crippen molar-refractivity contribution in [3.63, 3.8) is 0 Å². The summed E-state index contributed by atoms with van der Waals surface area (Å²) in [4.78, 5) is 0. The van der Waals surface area contributed by atoms with Gasteiger partial charge >= 0.3 is 0 Å². The normalized spacial score (nSPS) is 16.7. The molecule has 0 N–H and O–H groups in total. The molecule has 0 saturated carbocycles.